The number of carbonyl (C=O) groups excluding carboxylic acids is 6. The van der Waals surface area contributed by atoms with Gasteiger partial charge in [0.15, 0.2) is 0 Å². The lowest BCUT2D eigenvalue weighted by Gasteiger charge is -2.15. The Labute approximate surface area is 863 Å². The number of unbranched alkanes of at least 4 members (excludes halogenated alkanes) is 18. The molecule has 30 nitrogen and oxygen atoms in total. The summed E-state index contributed by atoms with van der Waals surface area (Å²) in [5, 5.41) is 0. The molecular formula is C117H144O30. The summed E-state index contributed by atoms with van der Waals surface area (Å²) in [6.45, 7) is 8.69. The van der Waals surface area contributed by atoms with E-state index in [-0.39, 0.29) is 0 Å². The molecule has 0 aromatic heterocycles. The second kappa shape index (κ2) is 68.7. The average molecular weight is 2030 g/mol. The SMILES string of the molecule is COC(=O)c1ccc(OCCCCCOc2cc(OCCCCCOc3ccc(C(=O)OC)cc3)cc(OCCCCCOc3cc(OCCCCCOc4cc(OCCCCCOc5ccc(C(=O)OC)cc5)cc(OCCCCCOc5ccc(C(=O)OC)cc5)c4)cc(OCCCCCOc4cc(OCCCCCOc5ccc(C(=O)OC)cc5)cc(OCCCCCOc5ccc(C(=O)OC)cc5)c4)c3)c2)cc1. The average Bonchev–Trinajstić information content (AvgIpc) is 0.874. The summed E-state index contributed by atoms with van der Waals surface area (Å²) in [6.07, 6.45) is 21.9. The molecule has 0 saturated heterocycles. The van der Waals surface area contributed by atoms with Crippen LogP contribution in [0.5, 0.6) is 103 Å². The molecule has 147 heavy (non-hydrogen) atoms. The van der Waals surface area contributed by atoms with Gasteiger partial charge in [0, 0.05) is 72.8 Å². The van der Waals surface area contributed by atoms with Crippen LogP contribution in [0, 0.1) is 0 Å². The lowest BCUT2D eigenvalue weighted by atomic mass is 10.2. The standard InChI is InChI=1S/C117H144O30/c1-124-112(118)88-34-46-94(47-35-88)130-58-16-7-22-64-136-100-76-101(137-65-23-8-17-59-131-95-48-36-89(37-49-95)113(119)125-2)80-106(79-100)142-70-28-13-31-73-145-109-85-110(146-74-32-14-29-71-143-107-81-102(138-66-24-9-18-60-132-96-50-38-90(39-51-96)114(120)126-3)77-103(82-107)139-67-25-10-19-61-133-97-52-40-91(41-53-97)115(121)127-4)87-111(86-109)147-75-33-15-30-72-144-108-83-104(140-68-26-11-20-62-134-98-54-42-92(43-55-98)116(122)128-5)78-105(84-108)141-69-27-12-21-63-135-99-56-44-93(45-57-99)117(123)129-6/h34-57,76-87H,7-33,58-75H2,1-6H3. The number of rotatable bonds is 78. The third-order valence-electron chi connectivity index (χ3n) is 23.0. The van der Waals surface area contributed by atoms with Crippen molar-refractivity contribution in [2.45, 2.75) is 173 Å². The van der Waals surface area contributed by atoms with Crippen LogP contribution in [-0.2, 0) is 28.4 Å². The maximum Gasteiger partial charge on any atom is 0.337 e. The first kappa shape index (κ1) is 114. The normalized spacial score (nSPS) is 10.8. The fraction of sp³-hybridized carbons (Fsp3) is 0.436. The van der Waals surface area contributed by atoms with Crippen LogP contribution in [-0.4, -0.2) is 197 Å². The lowest BCUT2D eigenvalue weighted by molar-refractivity contribution is 0.0591. The van der Waals surface area contributed by atoms with Gasteiger partial charge in [-0.2, -0.15) is 0 Å². The summed E-state index contributed by atoms with van der Waals surface area (Å²) >= 11 is 0. The minimum Gasteiger partial charge on any atom is -0.494 e. The van der Waals surface area contributed by atoms with Gasteiger partial charge in [0.1, 0.15) is 103 Å². The van der Waals surface area contributed by atoms with Gasteiger partial charge in [-0.05, 0) is 319 Å². The summed E-state index contributed by atoms with van der Waals surface area (Å²) in [7, 11) is 8.13. The van der Waals surface area contributed by atoms with Crippen molar-refractivity contribution in [2.75, 3.05) is 162 Å². The quantitative estimate of drug-likeness (QED) is 0.0194. The van der Waals surface area contributed by atoms with Gasteiger partial charge in [-0.3, -0.25) is 0 Å². The first-order valence-electron chi connectivity index (χ1n) is 51.1. The Kier molecular flexibility index (Phi) is 53.4. The van der Waals surface area contributed by atoms with Gasteiger partial charge in [0.2, 0.25) is 0 Å². The molecule has 0 radical (unpaired) electrons. The van der Waals surface area contributed by atoms with E-state index in [1.807, 2.05) is 72.8 Å². The summed E-state index contributed by atoms with van der Waals surface area (Å²) in [5.74, 6) is 9.36. The number of hydrogen-bond donors (Lipinski definition) is 0. The van der Waals surface area contributed by atoms with Crippen molar-refractivity contribution in [1.29, 1.82) is 0 Å². The van der Waals surface area contributed by atoms with Gasteiger partial charge < -0.3 is 114 Å². The molecule has 0 atom stereocenters. The van der Waals surface area contributed by atoms with E-state index >= 15 is 0 Å². The predicted octanol–water partition coefficient (Wildman–Crippen LogP) is 24.1. The van der Waals surface area contributed by atoms with Crippen LogP contribution in [0.15, 0.2) is 218 Å². The first-order valence-corrected chi connectivity index (χ1v) is 51.1. The highest BCUT2D eigenvalue weighted by Gasteiger charge is 2.17. The Balaban J connectivity index is 0.714. The highest BCUT2D eigenvalue weighted by Crippen LogP contribution is 2.35. The molecule has 0 aliphatic heterocycles. The van der Waals surface area contributed by atoms with Crippen molar-refractivity contribution in [3.8, 4) is 103 Å². The van der Waals surface area contributed by atoms with Crippen LogP contribution in [0.3, 0.4) is 0 Å². The smallest absolute Gasteiger partial charge is 0.337 e. The van der Waals surface area contributed by atoms with E-state index in [0.717, 1.165) is 173 Å². The van der Waals surface area contributed by atoms with E-state index < -0.39 is 35.8 Å². The minimum absolute atomic E-state index is 0.398. The van der Waals surface area contributed by atoms with Gasteiger partial charge in [-0.1, -0.05) is 0 Å². The molecule has 10 aromatic rings. The molecule has 792 valence electrons. The van der Waals surface area contributed by atoms with E-state index in [1.54, 1.807) is 146 Å². The fourth-order valence-electron chi connectivity index (χ4n) is 14.9. The second-order valence-corrected chi connectivity index (χ2v) is 34.5. The number of ether oxygens (including phenoxy) is 24. The zero-order chi connectivity index (χ0) is 104. The third kappa shape index (κ3) is 45.7. The van der Waals surface area contributed by atoms with E-state index in [0.29, 0.717) is 256 Å². The van der Waals surface area contributed by atoms with Gasteiger partial charge in [-0.25, -0.2) is 28.8 Å². The van der Waals surface area contributed by atoms with Crippen LogP contribution in [0.2, 0.25) is 0 Å². The summed E-state index contributed by atoms with van der Waals surface area (Å²) < 4.78 is 141. The van der Waals surface area contributed by atoms with Crippen LogP contribution >= 0.6 is 0 Å². The highest BCUT2D eigenvalue weighted by molar-refractivity contribution is 5.92. The molecule has 0 aliphatic carbocycles. The van der Waals surface area contributed by atoms with Crippen LogP contribution < -0.4 is 85.3 Å². The van der Waals surface area contributed by atoms with Gasteiger partial charge in [-0.15, -0.1) is 0 Å². The van der Waals surface area contributed by atoms with Crippen molar-refractivity contribution in [2.24, 2.45) is 0 Å². The predicted molar refractivity (Wildman–Crippen MR) is 556 cm³/mol. The van der Waals surface area contributed by atoms with Crippen LogP contribution in [0.4, 0.5) is 0 Å². The fourth-order valence-corrected chi connectivity index (χ4v) is 14.9. The number of esters is 6. The van der Waals surface area contributed by atoms with Crippen molar-refractivity contribution in [3.05, 3.63) is 252 Å². The molecule has 0 spiro atoms. The van der Waals surface area contributed by atoms with Crippen LogP contribution in [0.1, 0.15) is 236 Å². The molecular weight excluding hydrogens is 1890 g/mol. The van der Waals surface area contributed by atoms with Gasteiger partial charge in [0.05, 0.1) is 195 Å². The molecule has 30 heteroatoms. The Morgan fingerprint density at radius 1 is 0.122 bits per heavy atom. The van der Waals surface area contributed by atoms with Crippen molar-refractivity contribution in [1.82, 2.24) is 0 Å². The van der Waals surface area contributed by atoms with Crippen LogP contribution in [0.25, 0.3) is 0 Å². The number of carbonyl (C=O) groups is 6. The molecule has 0 fully saturated rings. The molecule has 10 rings (SSSR count). The number of benzene rings is 10. The number of methoxy groups -OCH3 is 6. The van der Waals surface area contributed by atoms with Crippen molar-refractivity contribution in [3.63, 3.8) is 0 Å². The Hall–Kier alpha value is -14.6. The lowest BCUT2D eigenvalue weighted by Crippen LogP contribution is -2.05. The molecule has 0 N–H and O–H groups in total. The summed E-state index contributed by atoms with van der Waals surface area (Å²) in [4.78, 5) is 71.4. The van der Waals surface area contributed by atoms with Gasteiger partial charge >= 0.3 is 35.8 Å². The Bertz CT molecular complexity index is 4610. The maximum absolute atomic E-state index is 11.9. The molecule has 0 bridgehead atoms. The first-order chi connectivity index (χ1) is 72.1. The molecule has 0 amide bonds. The largest absolute Gasteiger partial charge is 0.494 e. The van der Waals surface area contributed by atoms with Crippen molar-refractivity contribution < 1.29 is 142 Å². The molecule has 0 heterocycles. The highest BCUT2D eigenvalue weighted by atomic mass is 16.6. The van der Waals surface area contributed by atoms with E-state index in [2.05, 4.69) is 0 Å². The summed E-state index contributed by atoms with van der Waals surface area (Å²) in [5.41, 5.74) is 2.77. The zero-order valence-corrected chi connectivity index (χ0v) is 85.9. The Morgan fingerprint density at radius 2 is 0.204 bits per heavy atom. The molecule has 0 saturated carbocycles. The second-order valence-electron chi connectivity index (χ2n) is 34.5. The topological polar surface area (TPSA) is 324 Å². The van der Waals surface area contributed by atoms with E-state index in [4.69, 9.17) is 114 Å². The molecule has 10 aromatic carbocycles. The van der Waals surface area contributed by atoms with Gasteiger partial charge in [0.25, 0.3) is 0 Å². The van der Waals surface area contributed by atoms with Crippen molar-refractivity contribution >= 4 is 35.8 Å². The van der Waals surface area contributed by atoms with E-state index in [9.17, 15) is 28.8 Å². The maximum atomic E-state index is 11.9. The molecule has 0 unspecified atom stereocenters. The summed E-state index contributed by atoms with van der Waals surface area (Å²) in [6, 6.07) is 64.2. The third-order valence-corrected chi connectivity index (χ3v) is 23.0. The minimum atomic E-state index is -0.398. The molecule has 0 aliphatic rings. The Morgan fingerprint density at radius 3 is 0.286 bits per heavy atom. The monoisotopic (exact) mass is 2030 g/mol. The zero-order valence-electron chi connectivity index (χ0n) is 85.9. The number of hydrogen-bond acceptors (Lipinski definition) is 30. The van der Waals surface area contributed by atoms with E-state index in [1.165, 1.54) is 42.7 Å².